The van der Waals surface area contributed by atoms with Gasteiger partial charge in [-0.05, 0) is 25.1 Å². The quantitative estimate of drug-likeness (QED) is 0.840. The van der Waals surface area contributed by atoms with Crippen LogP contribution in [-0.4, -0.2) is 66.7 Å². The number of likely N-dealkylation sites (N-methyl/N-ethyl adjacent to an activating group) is 1. The monoisotopic (exact) mass is 380 g/mol. The number of hydrogen-bond donors (Lipinski definition) is 2. The van der Waals surface area contributed by atoms with Gasteiger partial charge >= 0.3 is 12.1 Å². The zero-order chi connectivity index (χ0) is 18.9. The molecular formula is C17H21ClN4O4. The van der Waals surface area contributed by atoms with Crippen LogP contribution in [0.15, 0.2) is 18.2 Å². The van der Waals surface area contributed by atoms with Crippen molar-refractivity contribution in [1.82, 2.24) is 15.1 Å². The van der Waals surface area contributed by atoms with E-state index >= 15 is 0 Å². The second kappa shape index (κ2) is 7.03. The Morgan fingerprint density at radius 3 is 2.73 bits per heavy atom. The molecule has 26 heavy (non-hydrogen) atoms. The predicted octanol–water partition coefficient (Wildman–Crippen LogP) is 2.15. The van der Waals surface area contributed by atoms with Gasteiger partial charge in [-0.1, -0.05) is 11.6 Å². The summed E-state index contributed by atoms with van der Waals surface area (Å²) in [6.45, 7) is 3.65. The summed E-state index contributed by atoms with van der Waals surface area (Å²) in [4.78, 5) is 39.1. The van der Waals surface area contributed by atoms with Crippen LogP contribution in [0.2, 0.25) is 5.02 Å². The number of nitrogens with one attached hydrogen (secondary N) is 2. The van der Waals surface area contributed by atoms with Gasteiger partial charge in [0.2, 0.25) is 0 Å². The Kier molecular flexibility index (Phi) is 4.95. The van der Waals surface area contributed by atoms with Crippen LogP contribution in [0.3, 0.4) is 0 Å². The van der Waals surface area contributed by atoms with E-state index in [1.165, 1.54) is 4.90 Å². The molecule has 1 aromatic carbocycles. The highest BCUT2D eigenvalue weighted by Crippen LogP contribution is 2.32. The van der Waals surface area contributed by atoms with Crippen molar-refractivity contribution >= 4 is 35.3 Å². The number of anilines is 1. The molecule has 3 rings (SSSR count). The lowest BCUT2D eigenvalue weighted by Crippen LogP contribution is -2.40. The predicted molar refractivity (Wildman–Crippen MR) is 96.5 cm³/mol. The molecule has 0 aromatic heterocycles. The van der Waals surface area contributed by atoms with Crippen LogP contribution in [0.1, 0.15) is 23.7 Å². The third-order valence-corrected chi connectivity index (χ3v) is 4.86. The maximum atomic E-state index is 12.5. The average molecular weight is 381 g/mol. The molecule has 140 valence electrons. The molecule has 2 N–H and O–H groups in total. The van der Waals surface area contributed by atoms with Gasteiger partial charge in [0.15, 0.2) is 5.60 Å². The molecule has 0 saturated carbocycles. The molecule has 2 aliphatic rings. The Morgan fingerprint density at radius 2 is 2.12 bits per heavy atom. The molecule has 0 aliphatic carbocycles. The lowest BCUT2D eigenvalue weighted by Gasteiger charge is -2.22. The van der Waals surface area contributed by atoms with Gasteiger partial charge in [-0.15, -0.1) is 0 Å². The smallest absolute Gasteiger partial charge is 0.410 e. The summed E-state index contributed by atoms with van der Waals surface area (Å²) in [6, 6.07) is 4.44. The van der Waals surface area contributed by atoms with Gasteiger partial charge in [0.1, 0.15) is 0 Å². The molecule has 4 amide bonds. The number of urea groups is 1. The van der Waals surface area contributed by atoms with E-state index in [0.29, 0.717) is 43.9 Å². The number of hydrogen-bond acceptors (Lipinski definition) is 4. The Hall–Kier alpha value is -2.48. The van der Waals surface area contributed by atoms with Crippen molar-refractivity contribution in [3.8, 4) is 0 Å². The van der Waals surface area contributed by atoms with Crippen molar-refractivity contribution in [2.75, 3.05) is 38.5 Å². The van der Waals surface area contributed by atoms with Gasteiger partial charge < -0.3 is 25.2 Å². The van der Waals surface area contributed by atoms with E-state index in [2.05, 4.69) is 10.6 Å². The molecule has 1 aromatic rings. The molecule has 8 nitrogen and oxygen atoms in total. The molecule has 0 radical (unpaired) electrons. The standard InChI is InChI=1S/C17H21ClN4O4/c1-3-19-14(23)12-5-4-11(8-13(12)18)20-15(24)22-7-6-17(10-22)9-21(2)16(25)26-17/h4-5,8H,3,6-7,9-10H2,1-2H3,(H,19,23)(H,20,24)/t17-/m1/s1. The Morgan fingerprint density at radius 1 is 1.35 bits per heavy atom. The van der Waals surface area contributed by atoms with E-state index in [9.17, 15) is 14.4 Å². The Balaban J connectivity index is 1.63. The molecule has 0 bridgehead atoms. The number of likely N-dealkylation sites (tertiary alicyclic amines) is 1. The highest BCUT2D eigenvalue weighted by atomic mass is 35.5. The first-order chi connectivity index (χ1) is 12.3. The second-order valence-corrected chi connectivity index (χ2v) is 6.97. The van der Waals surface area contributed by atoms with Crippen LogP contribution in [0.4, 0.5) is 15.3 Å². The van der Waals surface area contributed by atoms with E-state index in [4.69, 9.17) is 16.3 Å². The minimum Gasteiger partial charge on any atom is -0.439 e. The van der Waals surface area contributed by atoms with Crippen LogP contribution in [-0.2, 0) is 4.74 Å². The molecule has 0 unspecified atom stereocenters. The van der Waals surface area contributed by atoms with Crippen molar-refractivity contribution in [3.05, 3.63) is 28.8 Å². The third kappa shape index (κ3) is 3.55. The number of nitrogens with zero attached hydrogens (tertiary/aromatic N) is 2. The average Bonchev–Trinajstić information content (AvgIpc) is 3.10. The summed E-state index contributed by atoms with van der Waals surface area (Å²) in [6.07, 6.45) is 0.243. The van der Waals surface area contributed by atoms with Crippen LogP contribution >= 0.6 is 11.6 Å². The topological polar surface area (TPSA) is 91.0 Å². The number of rotatable bonds is 3. The molecule has 1 atom stereocenters. The summed E-state index contributed by atoms with van der Waals surface area (Å²) in [5.41, 5.74) is 0.227. The summed E-state index contributed by atoms with van der Waals surface area (Å²) >= 11 is 6.14. The SMILES string of the molecule is CCNC(=O)c1ccc(NC(=O)N2CC[C@@]3(CN(C)C(=O)O3)C2)cc1Cl. The third-order valence-electron chi connectivity index (χ3n) is 4.55. The minimum absolute atomic E-state index is 0.260. The molecule has 9 heteroatoms. The number of ether oxygens (including phenoxy) is 1. The Labute approximate surface area is 156 Å². The second-order valence-electron chi connectivity index (χ2n) is 6.56. The molecule has 2 heterocycles. The van der Waals surface area contributed by atoms with Crippen molar-refractivity contribution in [3.63, 3.8) is 0 Å². The van der Waals surface area contributed by atoms with Crippen LogP contribution in [0.25, 0.3) is 0 Å². The van der Waals surface area contributed by atoms with Crippen molar-refractivity contribution in [2.45, 2.75) is 18.9 Å². The molecule has 2 saturated heterocycles. The largest absolute Gasteiger partial charge is 0.439 e. The summed E-state index contributed by atoms with van der Waals surface area (Å²) in [7, 11) is 1.68. The van der Waals surface area contributed by atoms with E-state index in [1.807, 2.05) is 6.92 Å². The number of carbonyl (C=O) groups is 3. The normalized spacial score (nSPS) is 21.9. The lowest BCUT2D eigenvalue weighted by molar-refractivity contribution is 0.0662. The first-order valence-corrected chi connectivity index (χ1v) is 8.79. The van der Waals surface area contributed by atoms with Crippen LogP contribution < -0.4 is 10.6 Å². The summed E-state index contributed by atoms with van der Waals surface area (Å²) in [5.74, 6) is -0.260. The van der Waals surface area contributed by atoms with Gasteiger partial charge in [0.05, 0.1) is 23.7 Å². The van der Waals surface area contributed by atoms with Crippen molar-refractivity contribution < 1.29 is 19.1 Å². The number of carbonyl (C=O) groups excluding carboxylic acids is 3. The van der Waals surface area contributed by atoms with E-state index in [1.54, 1.807) is 30.1 Å². The van der Waals surface area contributed by atoms with Crippen LogP contribution in [0, 0.1) is 0 Å². The Bertz CT molecular complexity index is 756. The zero-order valence-corrected chi connectivity index (χ0v) is 15.4. The maximum Gasteiger partial charge on any atom is 0.410 e. The number of halogens is 1. The van der Waals surface area contributed by atoms with E-state index < -0.39 is 5.60 Å². The van der Waals surface area contributed by atoms with Crippen molar-refractivity contribution in [1.29, 1.82) is 0 Å². The molecular weight excluding hydrogens is 360 g/mol. The minimum atomic E-state index is -0.622. The number of amides is 4. The van der Waals surface area contributed by atoms with Gasteiger partial charge in [0.25, 0.3) is 5.91 Å². The molecule has 2 aliphatic heterocycles. The lowest BCUT2D eigenvalue weighted by atomic mass is 10.0. The van der Waals surface area contributed by atoms with Gasteiger partial charge in [-0.25, -0.2) is 9.59 Å². The fourth-order valence-corrected chi connectivity index (χ4v) is 3.52. The highest BCUT2D eigenvalue weighted by Gasteiger charge is 2.49. The van der Waals surface area contributed by atoms with E-state index in [0.717, 1.165) is 0 Å². The number of benzene rings is 1. The summed E-state index contributed by atoms with van der Waals surface area (Å²) in [5, 5.41) is 5.71. The van der Waals surface area contributed by atoms with Gasteiger partial charge in [-0.3, -0.25) is 4.79 Å². The maximum absolute atomic E-state index is 12.5. The van der Waals surface area contributed by atoms with Crippen LogP contribution in [0.5, 0.6) is 0 Å². The van der Waals surface area contributed by atoms with Gasteiger partial charge in [-0.2, -0.15) is 0 Å². The van der Waals surface area contributed by atoms with E-state index in [-0.39, 0.29) is 23.1 Å². The fraction of sp³-hybridized carbons (Fsp3) is 0.471. The zero-order valence-electron chi connectivity index (χ0n) is 14.7. The van der Waals surface area contributed by atoms with Gasteiger partial charge in [0, 0.05) is 32.2 Å². The first-order valence-electron chi connectivity index (χ1n) is 8.41. The first kappa shape index (κ1) is 18.3. The highest BCUT2D eigenvalue weighted by molar-refractivity contribution is 6.34. The molecule has 1 spiro atoms. The molecule has 2 fully saturated rings. The fourth-order valence-electron chi connectivity index (χ4n) is 3.26. The van der Waals surface area contributed by atoms with Crippen molar-refractivity contribution in [2.24, 2.45) is 0 Å². The summed E-state index contributed by atoms with van der Waals surface area (Å²) < 4.78 is 5.44.